The van der Waals surface area contributed by atoms with E-state index in [4.69, 9.17) is 4.74 Å². The summed E-state index contributed by atoms with van der Waals surface area (Å²) >= 11 is 0. The van der Waals surface area contributed by atoms with Crippen LogP contribution in [0.4, 0.5) is 0 Å². The smallest absolute Gasteiger partial charge is 0.128 e. The van der Waals surface area contributed by atoms with Crippen LogP contribution in [0.5, 0.6) is 5.75 Å². The molecule has 0 saturated carbocycles. The third-order valence-electron chi connectivity index (χ3n) is 2.71. The van der Waals surface area contributed by atoms with E-state index in [0.717, 1.165) is 17.9 Å². The topological polar surface area (TPSA) is 29.5 Å². The van der Waals surface area contributed by atoms with Gasteiger partial charge in [-0.1, -0.05) is 25.1 Å². The predicted octanol–water partition coefficient (Wildman–Crippen LogP) is 2.41. The number of rotatable bonds is 1. The molecule has 0 bridgehead atoms. The Bertz CT molecular complexity index is 350. The zero-order valence-electron chi connectivity index (χ0n) is 8.87. The van der Waals surface area contributed by atoms with Gasteiger partial charge in [0.1, 0.15) is 5.75 Å². The van der Waals surface area contributed by atoms with Crippen molar-refractivity contribution in [3.8, 4) is 5.75 Å². The fourth-order valence-corrected chi connectivity index (χ4v) is 1.88. The van der Waals surface area contributed by atoms with Crippen LogP contribution < -0.4 is 4.74 Å². The number of para-hydroxylation sites is 1. The molecular formula is C12H16O2. The first kappa shape index (κ1) is 9.53. The summed E-state index contributed by atoms with van der Waals surface area (Å²) in [5.74, 6) is 1.32. The molecule has 0 saturated heterocycles. The van der Waals surface area contributed by atoms with Crippen LogP contribution in [-0.4, -0.2) is 11.7 Å². The molecule has 1 N–H and O–H groups in total. The Balaban J connectivity index is 2.55. The van der Waals surface area contributed by atoms with Crippen LogP contribution in [0.25, 0.3) is 0 Å². The van der Waals surface area contributed by atoms with Crippen molar-refractivity contribution in [2.24, 2.45) is 0 Å². The SMILES string of the molecule is CC1COc2c1cccc2C(C)(C)O. The van der Waals surface area contributed by atoms with Gasteiger partial charge in [-0.25, -0.2) is 0 Å². The zero-order valence-corrected chi connectivity index (χ0v) is 8.87. The van der Waals surface area contributed by atoms with Gasteiger partial charge in [0.15, 0.2) is 0 Å². The molecule has 2 nitrogen and oxygen atoms in total. The number of benzene rings is 1. The lowest BCUT2D eigenvalue weighted by Gasteiger charge is -2.20. The van der Waals surface area contributed by atoms with Crippen molar-refractivity contribution >= 4 is 0 Å². The number of hydrogen-bond donors (Lipinski definition) is 1. The Morgan fingerprint density at radius 3 is 2.79 bits per heavy atom. The molecule has 2 rings (SSSR count). The maximum absolute atomic E-state index is 9.96. The quantitative estimate of drug-likeness (QED) is 0.740. The minimum atomic E-state index is -0.824. The van der Waals surface area contributed by atoms with Gasteiger partial charge in [0.05, 0.1) is 12.2 Å². The maximum atomic E-state index is 9.96. The first-order valence-corrected chi connectivity index (χ1v) is 4.98. The van der Waals surface area contributed by atoms with Gasteiger partial charge in [-0.05, 0) is 13.8 Å². The van der Waals surface area contributed by atoms with Crippen LogP contribution in [-0.2, 0) is 5.60 Å². The molecule has 0 amide bonds. The molecule has 1 atom stereocenters. The third-order valence-corrected chi connectivity index (χ3v) is 2.71. The van der Waals surface area contributed by atoms with E-state index in [0.29, 0.717) is 5.92 Å². The summed E-state index contributed by atoms with van der Waals surface area (Å²) in [4.78, 5) is 0. The van der Waals surface area contributed by atoms with Crippen LogP contribution in [0, 0.1) is 0 Å². The average Bonchev–Trinajstić information content (AvgIpc) is 2.46. The summed E-state index contributed by atoms with van der Waals surface area (Å²) in [5.41, 5.74) is 1.28. The molecule has 2 heteroatoms. The molecule has 1 aliphatic rings. The molecule has 1 aromatic rings. The van der Waals surface area contributed by atoms with Crippen molar-refractivity contribution in [1.82, 2.24) is 0 Å². The van der Waals surface area contributed by atoms with Crippen LogP contribution in [0.2, 0.25) is 0 Å². The molecule has 0 aromatic heterocycles. The van der Waals surface area contributed by atoms with Crippen LogP contribution in [0.1, 0.15) is 37.8 Å². The molecule has 1 unspecified atom stereocenters. The monoisotopic (exact) mass is 192 g/mol. The normalized spacial score (nSPS) is 20.4. The predicted molar refractivity (Wildman–Crippen MR) is 55.6 cm³/mol. The van der Waals surface area contributed by atoms with E-state index in [9.17, 15) is 5.11 Å². The van der Waals surface area contributed by atoms with Gasteiger partial charge in [0, 0.05) is 17.0 Å². The average molecular weight is 192 g/mol. The molecule has 76 valence electrons. The Morgan fingerprint density at radius 2 is 2.14 bits per heavy atom. The summed E-state index contributed by atoms with van der Waals surface area (Å²) in [5, 5.41) is 9.96. The van der Waals surface area contributed by atoms with E-state index in [1.54, 1.807) is 13.8 Å². The molecule has 1 heterocycles. The second-order valence-electron chi connectivity index (χ2n) is 4.49. The van der Waals surface area contributed by atoms with E-state index in [1.807, 2.05) is 12.1 Å². The highest BCUT2D eigenvalue weighted by Crippen LogP contribution is 2.40. The lowest BCUT2D eigenvalue weighted by atomic mass is 9.93. The van der Waals surface area contributed by atoms with Crippen LogP contribution in [0.15, 0.2) is 18.2 Å². The zero-order chi connectivity index (χ0) is 10.3. The molecule has 1 aliphatic heterocycles. The third kappa shape index (κ3) is 1.40. The van der Waals surface area contributed by atoms with Crippen molar-refractivity contribution in [2.75, 3.05) is 6.61 Å². The highest BCUT2D eigenvalue weighted by Gasteiger charge is 2.28. The van der Waals surface area contributed by atoms with Crippen molar-refractivity contribution in [1.29, 1.82) is 0 Å². The number of fused-ring (bicyclic) bond motifs is 1. The molecule has 14 heavy (non-hydrogen) atoms. The van der Waals surface area contributed by atoms with E-state index < -0.39 is 5.60 Å². The van der Waals surface area contributed by atoms with Gasteiger partial charge in [-0.15, -0.1) is 0 Å². The largest absolute Gasteiger partial charge is 0.492 e. The Hall–Kier alpha value is -1.02. The fraction of sp³-hybridized carbons (Fsp3) is 0.500. The number of ether oxygens (including phenoxy) is 1. The second kappa shape index (κ2) is 2.99. The lowest BCUT2D eigenvalue weighted by Crippen LogP contribution is -2.16. The van der Waals surface area contributed by atoms with Crippen molar-refractivity contribution < 1.29 is 9.84 Å². The molecule has 0 aliphatic carbocycles. The standard InChI is InChI=1S/C12H16O2/c1-8-7-14-11-9(8)5-4-6-10(11)12(2,3)13/h4-6,8,13H,7H2,1-3H3. The molecule has 0 fully saturated rings. The second-order valence-corrected chi connectivity index (χ2v) is 4.49. The lowest BCUT2D eigenvalue weighted by molar-refractivity contribution is 0.0755. The van der Waals surface area contributed by atoms with Crippen LogP contribution in [0.3, 0.4) is 0 Å². The summed E-state index contributed by atoms with van der Waals surface area (Å²) in [7, 11) is 0. The molecular weight excluding hydrogens is 176 g/mol. The van der Waals surface area contributed by atoms with E-state index in [1.165, 1.54) is 5.56 Å². The Kier molecular flexibility index (Phi) is 2.04. The summed E-state index contributed by atoms with van der Waals surface area (Å²) in [6.07, 6.45) is 0. The molecule has 0 spiro atoms. The van der Waals surface area contributed by atoms with Gasteiger partial charge in [0.2, 0.25) is 0 Å². The van der Waals surface area contributed by atoms with E-state index in [2.05, 4.69) is 13.0 Å². The van der Waals surface area contributed by atoms with Crippen LogP contribution >= 0.6 is 0 Å². The highest BCUT2D eigenvalue weighted by atomic mass is 16.5. The first-order chi connectivity index (χ1) is 6.50. The van der Waals surface area contributed by atoms with Gasteiger partial charge >= 0.3 is 0 Å². The molecule has 1 aromatic carbocycles. The van der Waals surface area contributed by atoms with Gasteiger partial charge in [0.25, 0.3) is 0 Å². The van der Waals surface area contributed by atoms with E-state index >= 15 is 0 Å². The van der Waals surface area contributed by atoms with Gasteiger partial charge in [-0.3, -0.25) is 0 Å². The van der Waals surface area contributed by atoms with Crippen molar-refractivity contribution in [3.63, 3.8) is 0 Å². The van der Waals surface area contributed by atoms with Crippen molar-refractivity contribution in [3.05, 3.63) is 29.3 Å². The Morgan fingerprint density at radius 1 is 1.43 bits per heavy atom. The van der Waals surface area contributed by atoms with Gasteiger partial charge < -0.3 is 9.84 Å². The fourth-order valence-electron chi connectivity index (χ4n) is 1.88. The summed E-state index contributed by atoms with van der Waals surface area (Å²) < 4.78 is 5.61. The first-order valence-electron chi connectivity index (χ1n) is 4.98. The highest BCUT2D eigenvalue weighted by molar-refractivity contribution is 5.48. The summed E-state index contributed by atoms with van der Waals surface area (Å²) in [6, 6.07) is 5.98. The number of aliphatic hydroxyl groups is 1. The number of hydrogen-bond acceptors (Lipinski definition) is 2. The van der Waals surface area contributed by atoms with Gasteiger partial charge in [-0.2, -0.15) is 0 Å². The Labute approximate surface area is 84.5 Å². The summed E-state index contributed by atoms with van der Waals surface area (Å²) in [6.45, 7) is 6.44. The minimum Gasteiger partial charge on any atom is -0.492 e. The maximum Gasteiger partial charge on any atom is 0.128 e. The molecule has 0 radical (unpaired) electrons. The van der Waals surface area contributed by atoms with Crippen molar-refractivity contribution in [2.45, 2.75) is 32.3 Å². The van der Waals surface area contributed by atoms with E-state index in [-0.39, 0.29) is 0 Å². The minimum absolute atomic E-state index is 0.437.